The van der Waals surface area contributed by atoms with E-state index in [1.165, 1.54) is 17.3 Å². The molecule has 6 rings (SSSR count). The molecule has 188 valence electrons. The summed E-state index contributed by atoms with van der Waals surface area (Å²) in [4.78, 5) is 34.6. The minimum Gasteiger partial charge on any atom is -0.396 e. The number of hydrogen-bond acceptors (Lipinski definition) is 8. The maximum Gasteiger partial charge on any atom is 0.275 e. The summed E-state index contributed by atoms with van der Waals surface area (Å²) in [6, 6.07) is 5.35. The monoisotopic (exact) mass is 501 g/mol. The Morgan fingerprint density at radius 2 is 1.92 bits per heavy atom. The lowest BCUT2D eigenvalue weighted by Crippen LogP contribution is -2.37. The largest absolute Gasteiger partial charge is 0.396 e. The third-order valence-electron chi connectivity index (χ3n) is 6.79. The molecule has 11 nitrogen and oxygen atoms in total. The Kier molecular flexibility index (Phi) is 5.18. The van der Waals surface area contributed by atoms with Gasteiger partial charge in [-0.15, -0.1) is 0 Å². The SMILES string of the molecule is Cc1c(-c2cc3cc(Nc4cc5n(n4)CC(=O)NCC5)ncc3c(N)c2F)cnc2c1NCN(C)C2=O. The van der Waals surface area contributed by atoms with Gasteiger partial charge in [-0.1, -0.05) is 0 Å². The second kappa shape index (κ2) is 8.43. The zero-order chi connectivity index (χ0) is 25.8. The Balaban J connectivity index is 1.39. The Bertz CT molecular complexity index is 1610. The predicted octanol–water partition coefficient (Wildman–Crippen LogP) is 2.39. The quantitative estimate of drug-likeness (QED) is 0.314. The molecule has 2 aliphatic rings. The molecule has 12 heteroatoms. The Labute approximate surface area is 210 Å². The summed E-state index contributed by atoms with van der Waals surface area (Å²) < 4.78 is 17.1. The van der Waals surface area contributed by atoms with Crippen molar-refractivity contribution in [3.8, 4) is 11.1 Å². The minimum absolute atomic E-state index is 0.0212. The number of hydrogen-bond donors (Lipinski definition) is 4. The van der Waals surface area contributed by atoms with E-state index in [1.54, 1.807) is 23.9 Å². The van der Waals surface area contributed by atoms with E-state index in [0.717, 1.165) is 5.69 Å². The van der Waals surface area contributed by atoms with E-state index in [4.69, 9.17) is 5.73 Å². The summed E-state index contributed by atoms with van der Waals surface area (Å²) in [5, 5.41) is 14.8. The van der Waals surface area contributed by atoms with Crippen molar-refractivity contribution in [1.82, 2.24) is 30.0 Å². The molecule has 1 aromatic carbocycles. The van der Waals surface area contributed by atoms with Crippen LogP contribution in [0.1, 0.15) is 21.7 Å². The van der Waals surface area contributed by atoms with Crippen molar-refractivity contribution >= 4 is 45.6 Å². The van der Waals surface area contributed by atoms with Crippen LogP contribution in [0.3, 0.4) is 0 Å². The molecule has 0 radical (unpaired) electrons. The van der Waals surface area contributed by atoms with Crippen LogP contribution in [0.15, 0.2) is 30.6 Å². The molecule has 4 aromatic rings. The molecule has 0 unspecified atom stereocenters. The van der Waals surface area contributed by atoms with Gasteiger partial charge in [-0.2, -0.15) is 5.10 Å². The first-order chi connectivity index (χ1) is 17.8. The van der Waals surface area contributed by atoms with E-state index in [9.17, 15) is 9.59 Å². The van der Waals surface area contributed by atoms with Crippen LogP contribution in [0.2, 0.25) is 0 Å². The Morgan fingerprint density at radius 1 is 1.08 bits per heavy atom. The molecule has 0 bridgehead atoms. The zero-order valence-corrected chi connectivity index (χ0v) is 20.2. The van der Waals surface area contributed by atoms with Gasteiger partial charge in [-0.25, -0.2) is 14.4 Å². The molecule has 0 saturated heterocycles. The highest BCUT2D eigenvalue weighted by Gasteiger charge is 2.27. The van der Waals surface area contributed by atoms with Gasteiger partial charge >= 0.3 is 0 Å². The zero-order valence-electron chi connectivity index (χ0n) is 20.2. The number of amides is 2. The maximum absolute atomic E-state index is 15.5. The van der Waals surface area contributed by atoms with Gasteiger partial charge in [0, 0.05) is 60.7 Å². The van der Waals surface area contributed by atoms with Crippen molar-refractivity contribution in [2.45, 2.75) is 19.9 Å². The first-order valence-corrected chi connectivity index (χ1v) is 11.8. The number of aromatic nitrogens is 4. The molecule has 0 fully saturated rings. The topological polar surface area (TPSA) is 143 Å². The molecule has 0 spiro atoms. The Morgan fingerprint density at radius 3 is 2.76 bits per heavy atom. The van der Waals surface area contributed by atoms with Crippen molar-refractivity contribution in [1.29, 1.82) is 0 Å². The van der Waals surface area contributed by atoms with Gasteiger partial charge < -0.3 is 26.6 Å². The minimum atomic E-state index is -0.574. The van der Waals surface area contributed by atoms with Gasteiger partial charge in [0.15, 0.2) is 17.3 Å². The molecule has 5 heterocycles. The van der Waals surface area contributed by atoms with Crippen LogP contribution in [0, 0.1) is 12.7 Å². The van der Waals surface area contributed by atoms with Crippen molar-refractivity contribution < 1.29 is 14.0 Å². The first kappa shape index (κ1) is 22.7. The summed E-state index contributed by atoms with van der Waals surface area (Å²) in [5.41, 5.74) is 9.52. The number of nitrogens with two attached hydrogens (primary N) is 1. The van der Waals surface area contributed by atoms with E-state index in [1.807, 2.05) is 13.0 Å². The summed E-state index contributed by atoms with van der Waals surface area (Å²) >= 11 is 0. The van der Waals surface area contributed by atoms with Gasteiger partial charge in [0.2, 0.25) is 5.91 Å². The molecular weight excluding hydrogens is 477 g/mol. The van der Waals surface area contributed by atoms with Crippen LogP contribution in [0.5, 0.6) is 0 Å². The van der Waals surface area contributed by atoms with Crippen molar-refractivity contribution in [3.63, 3.8) is 0 Å². The number of carbonyl (C=O) groups is 2. The standard InChI is InChI=1S/C25H24FN9O2/c1-12-16(8-30-24-23(12)31-11-34(2)25(24)37)15-5-13-6-18(29-9-17(13)22(27)21(15)26)32-19-7-14-3-4-28-20(36)10-35(14)33-19/h5-9,31H,3-4,10-11,27H2,1-2H3,(H,28,36)(H,29,32,33). The molecule has 2 aliphatic heterocycles. The van der Waals surface area contributed by atoms with E-state index < -0.39 is 5.82 Å². The lowest BCUT2D eigenvalue weighted by atomic mass is 9.96. The number of benzene rings is 1. The number of fused-ring (bicyclic) bond motifs is 3. The highest BCUT2D eigenvalue weighted by Crippen LogP contribution is 2.38. The van der Waals surface area contributed by atoms with Gasteiger partial charge in [0.25, 0.3) is 5.91 Å². The van der Waals surface area contributed by atoms with Crippen LogP contribution in [0.25, 0.3) is 21.9 Å². The normalized spacial score (nSPS) is 15.1. The summed E-state index contributed by atoms with van der Waals surface area (Å²) in [5.74, 6) is 0.206. The fraction of sp³-hybridized carbons (Fsp3) is 0.240. The highest BCUT2D eigenvalue weighted by molar-refractivity contribution is 6.02. The molecule has 2 amide bonds. The van der Waals surface area contributed by atoms with Gasteiger partial charge in [-0.3, -0.25) is 14.3 Å². The van der Waals surface area contributed by atoms with Gasteiger partial charge in [0.1, 0.15) is 12.4 Å². The van der Waals surface area contributed by atoms with Crippen LogP contribution in [0.4, 0.5) is 27.4 Å². The van der Waals surface area contributed by atoms with Crippen LogP contribution >= 0.6 is 0 Å². The third kappa shape index (κ3) is 3.77. The highest BCUT2D eigenvalue weighted by atomic mass is 19.1. The molecule has 0 saturated carbocycles. The van der Waals surface area contributed by atoms with Crippen LogP contribution in [-0.4, -0.2) is 56.7 Å². The third-order valence-corrected chi connectivity index (χ3v) is 6.79. The average molecular weight is 502 g/mol. The van der Waals surface area contributed by atoms with Gasteiger partial charge in [0.05, 0.1) is 18.0 Å². The van der Waals surface area contributed by atoms with Crippen molar-refractivity contribution in [3.05, 3.63) is 53.4 Å². The number of pyridine rings is 2. The predicted molar refractivity (Wildman–Crippen MR) is 137 cm³/mol. The first-order valence-electron chi connectivity index (χ1n) is 11.8. The van der Waals surface area contributed by atoms with E-state index >= 15 is 4.39 Å². The molecule has 37 heavy (non-hydrogen) atoms. The number of halogens is 1. The second-order valence-corrected chi connectivity index (χ2v) is 9.20. The lowest BCUT2D eigenvalue weighted by molar-refractivity contribution is -0.121. The van der Waals surface area contributed by atoms with E-state index in [-0.39, 0.29) is 29.6 Å². The number of nitrogens with one attached hydrogen (secondary N) is 3. The second-order valence-electron chi connectivity index (χ2n) is 9.20. The molecular formula is C25H24FN9O2. The summed E-state index contributed by atoms with van der Waals surface area (Å²) in [6.07, 6.45) is 3.70. The number of rotatable bonds is 3. The van der Waals surface area contributed by atoms with E-state index in [0.29, 0.717) is 64.6 Å². The van der Waals surface area contributed by atoms with Crippen LogP contribution < -0.4 is 21.7 Å². The Hall–Kier alpha value is -4.74. The number of nitrogen functional groups attached to an aromatic ring is 1. The smallest absolute Gasteiger partial charge is 0.275 e. The summed E-state index contributed by atoms with van der Waals surface area (Å²) in [7, 11) is 1.68. The molecule has 0 atom stereocenters. The lowest BCUT2D eigenvalue weighted by Gasteiger charge is -2.27. The summed E-state index contributed by atoms with van der Waals surface area (Å²) in [6.45, 7) is 2.88. The maximum atomic E-state index is 15.5. The number of anilines is 4. The van der Waals surface area contributed by atoms with E-state index in [2.05, 4.69) is 31.0 Å². The number of nitrogens with zero attached hydrogens (tertiary/aromatic N) is 5. The fourth-order valence-corrected chi connectivity index (χ4v) is 4.77. The fourth-order valence-electron chi connectivity index (χ4n) is 4.77. The molecule has 0 aliphatic carbocycles. The average Bonchev–Trinajstić information content (AvgIpc) is 3.15. The van der Waals surface area contributed by atoms with Crippen molar-refractivity contribution in [2.75, 3.05) is 36.6 Å². The van der Waals surface area contributed by atoms with Gasteiger partial charge in [-0.05, 0) is 30.0 Å². The number of carbonyl (C=O) groups excluding carboxylic acids is 2. The molecule has 5 N–H and O–H groups in total. The van der Waals surface area contributed by atoms with Crippen LogP contribution in [-0.2, 0) is 17.8 Å². The van der Waals surface area contributed by atoms with Crippen molar-refractivity contribution in [2.24, 2.45) is 0 Å². The molecule has 3 aromatic heterocycles.